The van der Waals surface area contributed by atoms with E-state index in [0.717, 1.165) is 36.6 Å². The lowest BCUT2D eigenvalue weighted by molar-refractivity contribution is -0.0768. The molecule has 20 heavy (non-hydrogen) atoms. The minimum absolute atomic E-state index is 0.125. The third kappa shape index (κ3) is 3.79. The van der Waals surface area contributed by atoms with Crippen LogP contribution in [0.3, 0.4) is 0 Å². The number of hydrogen-bond donors (Lipinski definition) is 2. The summed E-state index contributed by atoms with van der Waals surface area (Å²) in [7, 11) is 0. The van der Waals surface area contributed by atoms with E-state index in [1.54, 1.807) is 11.3 Å². The lowest BCUT2D eigenvalue weighted by Gasteiger charge is -2.39. The van der Waals surface area contributed by atoms with Crippen molar-refractivity contribution in [3.8, 4) is 0 Å². The molecule has 1 fully saturated rings. The quantitative estimate of drug-likeness (QED) is 0.481. The standard InChI is InChI=1S/C15H27N3OS/c1-3-19-15(8-6-4-5-7-9-15)13(18-16)10-14-17-12(2)11-20-14/h11,13,18H,3-10,16H2,1-2H3. The zero-order valence-electron chi connectivity index (χ0n) is 12.7. The van der Waals surface area contributed by atoms with Gasteiger partial charge in [0.15, 0.2) is 0 Å². The van der Waals surface area contributed by atoms with Gasteiger partial charge in [-0.3, -0.25) is 11.3 Å². The predicted octanol–water partition coefficient (Wildman–Crippen LogP) is 2.96. The van der Waals surface area contributed by atoms with Crippen LogP contribution in [-0.4, -0.2) is 23.2 Å². The maximum Gasteiger partial charge on any atom is 0.0945 e. The number of hydrogen-bond acceptors (Lipinski definition) is 5. The highest BCUT2D eigenvalue weighted by atomic mass is 32.1. The fraction of sp³-hybridized carbons (Fsp3) is 0.800. The van der Waals surface area contributed by atoms with Crippen molar-refractivity contribution in [1.82, 2.24) is 10.4 Å². The highest BCUT2D eigenvalue weighted by molar-refractivity contribution is 7.09. The fourth-order valence-corrected chi connectivity index (χ4v) is 4.09. The highest BCUT2D eigenvalue weighted by Gasteiger charge is 2.39. The molecule has 3 N–H and O–H groups in total. The van der Waals surface area contributed by atoms with Crippen LogP contribution < -0.4 is 11.3 Å². The SMILES string of the molecule is CCOC1(C(Cc2nc(C)cs2)NN)CCCCCC1. The minimum Gasteiger partial charge on any atom is -0.374 e. The molecule has 0 bridgehead atoms. The first kappa shape index (κ1) is 15.9. The molecule has 0 aliphatic heterocycles. The fourth-order valence-electron chi connectivity index (χ4n) is 3.28. The van der Waals surface area contributed by atoms with Gasteiger partial charge in [-0.2, -0.15) is 0 Å². The first-order chi connectivity index (χ1) is 9.70. The first-order valence-corrected chi connectivity index (χ1v) is 8.59. The molecule has 2 rings (SSSR count). The van der Waals surface area contributed by atoms with Crippen LogP contribution in [0.25, 0.3) is 0 Å². The summed E-state index contributed by atoms with van der Waals surface area (Å²) in [5.74, 6) is 5.87. The third-order valence-corrected chi connectivity index (χ3v) is 5.25. The number of aryl methyl sites for hydroxylation is 1. The number of rotatable bonds is 6. The molecule has 0 amide bonds. The van der Waals surface area contributed by atoms with Crippen LogP contribution >= 0.6 is 11.3 Å². The third-order valence-electron chi connectivity index (χ3n) is 4.26. The van der Waals surface area contributed by atoms with Gasteiger partial charge in [0.05, 0.1) is 16.7 Å². The van der Waals surface area contributed by atoms with E-state index in [9.17, 15) is 0 Å². The van der Waals surface area contributed by atoms with Crippen molar-refractivity contribution in [3.63, 3.8) is 0 Å². The molecule has 1 aliphatic rings. The van der Waals surface area contributed by atoms with E-state index >= 15 is 0 Å². The molecular weight excluding hydrogens is 270 g/mol. The largest absolute Gasteiger partial charge is 0.374 e. The molecular formula is C15H27N3OS. The van der Waals surface area contributed by atoms with Crippen molar-refractivity contribution in [1.29, 1.82) is 0 Å². The Balaban J connectivity index is 2.15. The van der Waals surface area contributed by atoms with E-state index in [-0.39, 0.29) is 11.6 Å². The number of nitrogens with two attached hydrogens (primary N) is 1. The monoisotopic (exact) mass is 297 g/mol. The molecule has 1 heterocycles. The lowest BCUT2D eigenvalue weighted by atomic mass is 9.84. The summed E-state index contributed by atoms with van der Waals surface area (Å²) in [6.07, 6.45) is 8.13. The summed E-state index contributed by atoms with van der Waals surface area (Å²) in [6, 6.07) is 0.145. The molecule has 0 spiro atoms. The molecule has 0 saturated heterocycles. The Morgan fingerprint density at radius 1 is 1.40 bits per heavy atom. The molecule has 0 aromatic carbocycles. The normalized spacial score (nSPS) is 20.6. The Labute approximate surface area is 126 Å². The average Bonchev–Trinajstić information content (AvgIpc) is 2.71. The van der Waals surface area contributed by atoms with Gasteiger partial charge in [-0.1, -0.05) is 25.7 Å². The highest BCUT2D eigenvalue weighted by Crippen LogP contribution is 2.35. The van der Waals surface area contributed by atoms with Crippen molar-refractivity contribution in [2.45, 2.75) is 70.4 Å². The van der Waals surface area contributed by atoms with Gasteiger partial charge in [0.25, 0.3) is 0 Å². The Hall–Kier alpha value is -0.490. The van der Waals surface area contributed by atoms with Crippen LogP contribution in [0.1, 0.15) is 56.2 Å². The van der Waals surface area contributed by atoms with E-state index in [0.29, 0.717) is 0 Å². The van der Waals surface area contributed by atoms with Gasteiger partial charge in [0.2, 0.25) is 0 Å². The second-order valence-electron chi connectivity index (χ2n) is 5.72. The van der Waals surface area contributed by atoms with Crippen LogP contribution in [0.5, 0.6) is 0 Å². The number of hydrazine groups is 1. The van der Waals surface area contributed by atoms with Gasteiger partial charge in [0, 0.05) is 24.1 Å². The van der Waals surface area contributed by atoms with E-state index in [4.69, 9.17) is 10.6 Å². The zero-order valence-corrected chi connectivity index (χ0v) is 13.5. The van der Waals surface area contributed by atoms with Crippen molar-refractivity contribution in [2.24, 2.45) is 5.84 Å². The summed E-state index contributed by atoms with van der Waals surface area (Å²) in [5, 5.41) is 3.25. The number of aromatic nitrogens is 1. The summed E-state index contributed by atoms with van der Waals surface area (Å²) < 4.78 is 6.22. The van der Waals surface area contributed by atoms with Crippen molar-refractivity contribution in [3.05, 3.63) is 16.1 Å². The molecule has 114 valence electrons. The van der Waals surface area contributed by atoms with Gasteiger partial charge >= 0.3 is 0 Å². The molecule has 1 aromatic heterocycles. The average molecular weight is 297 g/mol. The van der Waals surface area contributed by atoms with E-state index in [1.165, 1.54) is 25.7 Å². The molecule has 0 radical (unpaired) electrons. The van der Waals surface area contributed by atoms with Crippen LogP contribution in [-0.2, 0) is 11.2 Å². The van der Waals surface area contributed by atoms with Gasteiger partial charge in [-0.25, -0.2) is 4.98 Å². The van der Waals surface area contributed by atoms with Crippen molar-refractivity contribution in [2.75, 3.05) is 6.61 Å². The molecule has 1 saturated carbocycles. The van der Waals surface area contributed by atoms with E-state index in [2.05, 4.69) is 22.7 Å². The topological polar surface area (TPSA) is 60.2 Å². The molecule has 1 aromatic rings. The summed E-state index contributed by atoms with van der Waals surface area (Å²) in [4.78, 5) is 4.58. The Kier molecular flexibility index (Phi) is 5.96. The molecule has 1 atom stereocenters. The number of ether oxygens (including phenoxy) is 1. The smallest absolute Gasteiger partial charge is 0.0945 e. The predicted molar refractivity (Wildman–Crippen MR) is 83.7 cm³/mol. The minimum atomic E-state index is -0.125. The van der Waals surface area contributed by atoms with Crippen LogP contribution in [0.15, 0.2) is 5.38 Å². The Morgan fingerprint density at radius 2 is 2.10 bits per heavy atom. The van der Waals surface area contributed by atoms with Gasteiger partial charge in [0.1, 0.15) is 0 Å². The number of nitrogens with one attached hydrogen (secondary N) is 1. The summed E-state index contributed by atoms with van der Waals surface area (Å²) >= 11 is 1.72. The summed E-state index contributed by atoms with van der Waals surface area (Å²) in [5.41, 5.74) is 3.99. The van der Waals surface area contributed by atoms with E-state index in [1.807, 2.05) is 6.92 Å². The number of thiazole rings is 1. The maximum atomic E-state index is 6.22. The van der Waals surface area contributed by atoms with Gasteiger partial charge in [-0.15, -0.1) is 11.3 Å². The van der Waals surface area contributed by atoms with E-state index < -0.39 is 0 Å². The molecule has 1 aliphatic carbocycles. The molecule has 4 nitrogen and oxygen atoms in total. The van der Waals surface area contributed by atoms with Gasteiger partial charge < -0.3 is 4.74 Å². The summed E-state index contributed by atoms with van der Waals surface area (Å²) in [6.45, 7) is 4.86. The molecule has 5 heteroatoms. The van der Waals surface area contributed by atoms with Crippen molar-refractivity contribution >= 4 is 11.3 Å². The Morgan fingerprint density at radius 3 is 2.60 bits per heavy atom. The molecule has 1 unspecified atom stereocenters. The zero-order chi connectivity index (χ0) is 14.4. The lowest BCUT2D eigenvalue weighted by Crippen LogP contribution is -2.56. The van der Waals surface area contributed by atoms with Gasteiger partial charge in [-0.05, 0) is 26.7 Å². The second kappa shape index (κ2) is 7.50. The first-order valence-electron chi connectivity index (χ1n) is 7.71. The van der Waals surface area contributed by atoms with Crippen LogP contribution in [0, 0.1) is 6.92 Å². The van der Waals surface area contributed by atoms with Crippen LogP contribution in [0.4, 0.5) is 0 Å². The second-order valence-corrected chi connectivity index (χ2v) is 6.66. The maximum absolute atomic E-state index is 6.22. The number of nitrogens with zero attached hydrogens (tertiary/aromatic N) is 1. The Bertz CT molecular complexity index is 400. The van der Waals surface area contributed by atoms with Crippen molar-refractivity contribution < 1.29 is 4.74 Å². The van der Waals surface area contributed by atoms with Crippen LogP contribution in [0.2, 0.25) is 0 Å².